The maximum Gasteiger partial charge on any atom is 0.139 e. The monoisotopic (exact) mass is 481 g/mol. The molecule has 7 heteroatoms. The van der Waals surface area contributed by atoms with Gasteiger partial charge < -0.3 is 14.4 Å². The fourth-order valence-electron chi connectivity index (χ4n) is 3.80. The lowest BCUT2D eigenvalue weighted by Crippen LogP contribution is -2.22. The van der Waals surface area contributed by atoms with Crippen molar-refractivity contribution in [2.75, 3.05) is 33.9 Å². The minimum Gasteiger partial charge on any atom is -0.374 e. The molecule has 2 aromatic carbocycles. The summed E-state index contributed by atoms with van der Waals surface area (Å²) in [5.41, 5.74) is 5.66. The summed E-state index contributed by atoms with van der Waals surface area (Å²) in [6, 6.07) is 18.3. The molecule has 1 aliphatic rings. The highest BCUT2D eigenvalue weighted by molar-refractivity contribution is 7.99. The molecule has 33 heavy (non-hydrogen) atoms. The maximum atomic E-state index is 6.14. The van der Waals surface area contributed by atoms with Crippen molar-refractivity contribution in [3.63, 3.8) is 0 Å². The number of rotatable bonds is 10. The zero-order chi connectivity index (χ0) is 23.4. The Morgan fingerprint density at radius 2 is 1.58 bits per heavy atom. The second-order valence-corrected chi connectivity index (χ2v) is 16.7. The molecule has 0 atom stereocenters. The van der Waals surface area contributed by atoms with E-state index in [1.54, 1.807) is 0 Å². The summed E-state index contributed by atoms with van der Waals surface area (Å²) in [5.74, 6) is 0. The quantitative estimate of drug-likeness (QED) is 0.203. The minimum absolute atomic E-state index is 0.446. The standard InChI is InChI=1S/C26H35N3O2SSi/c1-28(2)14-15-30-18-22-25-20-10-6-8-12-23(20)32-24-13-9-7-11-21(24)26(25)27-29(22)19-31-16-17-33(3,4)5/h6-13H,14-19H2,1-5H3. The van der Waals surface area contributed by atoms with E-state index in [9.17, 15) is 0 Å². The Labute approximate surface area is 203 Å². The Balaban J connectivity index is 1.72. The van der Waals surface area contributed by atoms with Crippen LogP contribution in [0.2, 0.25) is 25.7 Å². The minimum atomic E-state index is -1.14. The van der Waals surface area contributed by atoms with Crippen molar-refractivity contribution in [2.45, 2.75) is 48.8 Å². The van der Waals surface area contributed by atoms with Crippen LogP contribution < -0.4 is 0 Å². The van der Waals surface area contributed by atoms with Gasteiger partial charge in [0.05, 0.1) is 18.9 Å². The number of likely N-dealkylation sites (N-methyl/N-ethyl adjacent to an activating group) is 1. The molecule has 0 unspecified atom stereocenters. The largest absolute Gasteiger partial charge is 0.374 e. The van der Waals surface area contributed by atoms with Crippen LogP contribution in [-0.2, 0) is 22.8 Å². The number of ether oxygens (including phenoxy) is 2. The summed E-state index contributed by atoms with van der Waals surface area (Å²) >= 11 is 1.81. The molecule has 1 aliphatic heterocycles. The van der Waals surface area contributed by atoms with E-state index in [4.69, 9.17) is 14.6 Å². The van der Waals surface area contributed by atoms with E-state index < -0.39 is 8.07 Å². The van der Waals surface area contributed by atoms with E-state index in [-0.39, 0.29) is 0 Å². The average molecular weight is 482 g/mol. The molecule has 0 spiro atoms. The molecule has 176 valence electrons. The van der Waals surface area contributed by atoms with Gasteiger partial charge in [-0.3, -0.25) is 0 Å². The van der Waals surface area contributed by atoms with Gasteiger partial charge in [0.15, 0.2) is 0 Å². The van der Waals surface area contributed by atoms with E-state index in [1.165, 1.54) is 26.5 Å². The molecule has 2 heterocycles. The van der Waals surface area contributed by atoms with Gasteiger partial charge in [0.25, 0.3) is 0 Å². The van der Waals surface area contributed by atoms with Crippen LogP contribution in [0.3, 0.4) is 0 Å². The van der Waals surface area contributed by atoms with Crippen LogP contribution in [0.1, 0.15) is 5.69 Å². The van der Waals surface area contributed by atoms with Gasteiger partial charge in [-0.1, -0.05) is 67.8 Å². The van der Waals surface area contributed by atoms with E-state index in [0.717, 1.165) is 30.6 Å². The van der Waals surface area contributed by atoms with Crippen molar-refractivity contribution < 1.29 is 9.47 Å². The van der Waals surface area contributed by atoms with Crippen LogP contribution in [-0.4, -0.2) is 56.6 Å². The van der Waals surface area contributed by atoms with Crippen LogP contribution >= 0.6 is 11.8 Å². The Morgan fingerprint density at radius 3 is 2.27 bits per heavy atom. The predicted octanol–water partition coefficient (Wildman–Crippen LogP) is 6.07. The predicted molar refractivity (Wildman–Crippen MR) is 140 cm³/mol. The summed E-state index contributed by atoms with van der Waals surface area (Å²) in [6.07, 6.45) is 0. The van der Waals surface area contributed by atoms with Gasteiger partial charge in [-0.15, -0.1) is 0 Å². The zero-order valence-electron chi connectivity index (χ0n) is 20.4. The van der Waals surface area contributed by atoms with Crippen molar-refractivity contribution in [2.24, 2.45) is 0 Å². The highest BCUT2D eigenvalue weighted by Crippen LogP contribution is 2.48. The van der Waals surface area contributed by atoms with E-state index >= 15 is 0 Å². The fourth-order valence-corrected chi connectivity index (χ4v) is 5.64. The number of aromatic nitrogens is 2. The number of benzene rings is 2. The first-order valence-corrected chi connectivity index (χ1v) is 16.1. The number of fused-ring (bicyclic) bond motifs is 5. The lowest BCUT2D eigenvalue weighted by atomic mass is 9.99. The molecule has 0 aliphatic carbocycles. The van der Waals surface area contributed by atoms with Crippen LogP contribution in [0.4, 0.5) is 0 Å². The fraction of sp³-hybridized carbons (Fsp3) is 0.423. The normalized spacial score (nSPS) is 12.9. The third-order valence-corrected chi connectivity index (χ3v) is 8.56. The second kappa shape index (κ2) is 10.6. The summed E-state index contributed by atoms with van der Waals surface area (Å²) in [5, 5.41) is 5.10. The van der Waals surface area contributed by atoms with Gasteiger partial charge in [-0.2, -0.15) is 5.10 Å². The van der Waals surface area contributed by atoms with Gasteiger partial charge in [0, 0.05) is 42.1 Å². The van der Waals surface area contributed by atoms with Crippen LogP contribution in [0.15, 0.2) is 58.3 Å². The molecule has 4 rings (SSSR count). The Kier molecular flexibility index (Phi) is 7.76. The van der Waals surface area contributed by atoms with Gasteiger partial charge in [0.2, 0.25) is 0 Å². The summed E-state index contributed by atoms with van der Waals surface area (Å²) in [6.45, 7) is 10.4. The highest BCUT2D eigenvalue weighted by Gasteiger charge is 2.27. The summed E-state index contributed by atoms with van der Waals surface area (Å²) in [7, 11) is 2.99. The van der Waals surface area contributed by atoms with Crippen molar-refractivity contribution >= 4 is 19.8 Å². The van der Waals surface area contributed by atoms with E-state index in [2.05, 4.69) is 87.2 Å². The molecule has 0 saturated heterocycles. The number of hydrogen-bond donors (Lipinski definition) is 0. The number of hydrogen-bond acceptors (Lipinski definition) is 5. The van der Waals surface area contributed by atoms with Crippen LogP contribution in [0, 0.1) is 0 Å². The lowest BCUT2D eigenvalue weighted by Gasteiger charge is -2.16. The molecule has 0 bridgehead atoms. The Bertz CT molecular complexity index is 1090. The van der Waals surface area contributed by atoms with Crippen molar-refractivity contribution in [3.05, 3.63) is 54.2 Å². The first kappa shape index (κ1) is 24.2. The molecule has 0 N–H and O–H groups in total. The molecular formula is C26H35N3O2SSi. The maximum absolute atomic E-state index is 6.14. The zero-order valence-corrected chi connectivity index (χ0v) is 22.2. The first-order chi connectivity index (χ1) is 15.8. The number of nitrogens with zero attached hydrogens (tertiary/aromatic N) is 3. The molecule has 0 amide bonds. The molecule has 0 saturated carbocycles. The molecule has 1 aromatic heterocycles. The smallest absolute Gasteiger partial charge is 0.139 e. The molecule has 0 fully saturated rings. The molecule has 5 nitrogen and oxygen atoms in total. The van der Waals surface area contributed by atoms with Gasteiger partial charge in [-0.05, 0) is 37.8 Å². The molecule has 3 aromatic rings. The molecular weight excluding hydrogens is 446 g/mol. The third kappa shape index (κ3) is 5.97. The third-order valence-electron chi connectivity index (χ3n) is 5.71. The second-order valence-electron chi connectivity index (χ2n) is 9.97. The summed E-state index contributed by atoms with van der Waals surface area (Å²) < 4.78 is 14.3. The van der Waals surface area contributed by atoms with Crippen molar-refractivity contribution in [1.29, 1.82) is 0 Å². The Hall–Kier alpha value is -1.90. The topological polar surface area (TPSA) is 39.5 Å². The highest BCUT2D eigenvalue weighted by atomic mass is 32.2. The van der Waals surface area contributed by atoms with Crippen LogP contribution in [0.5, 0.6) is 0 Å². The van der Waals surface area contributed by atoms with Crippen molar-refractivity contribution in [1.82, 2.24) is 14.7 Å². The van der Waals surface area contributed by atoms with Crippen LogP contribution in [0.25, 0.3) is 22.4 Å². The first-order valence-electron chi connectivity index (χ1n) is 11.6. The van der Waals surface area contributed by atoms with E-state index in [1.807, 2.05) is 16.4 Å². The van der Waals surface area contributed by atoms with Gasteiger partial charge in [0.1, 0.15) is 12.4 Å². The van der Waals surface area contributed by atoms with Crippen molar-refractivity contribution in [3.8, 4) is 22.4 Å². The molecule has 0 radical (unpaired) electrons. The average Bonchev–Trinajstić information content (AvgIpc) is 3.05. The Morgan fingerprint density at radius 1 is 0.909 bits per heavy atom. The lowest BCUT2D eigenvalue weighted by molar-refractivity contribution is 0.0624. The van der Waals surface area contributed by atoms with Gasteiger partial charge >= 0.3 is 0 Å². The SMILES string of the molecule is CN(C)CCOCc1c2c(nn1COCC[Si](C)(C)C)-c1ccccc1Sc1ccccc1-2. The van der Waals surface area contributed by atoms with E-state index in [0.29, 0.717) is 19.9 Å². The summed E-state index contributed by atoms with van der Waals surface area (Å²) in [4.78, 5) is 4.62. The van der Waals surface area contributed by atoms with Gasteiger partial charge in [-0.25, -0.2) is 4.68 Å².